The zero-order valence-electron chi connectivity index (χ0n) is 18.7. The van der Waals surface area contributed by atoms with Gasteiger partial charge in [-0.3, -0.25) is 9.59 Å². The number of amides is 2. The van der Waals surface area contributed by atoms with Crippen LogP contribution >= 0.6 is 11.8 Å². The first-order valence-electron chi connectivity index (χ1n) is 10.3. The van der Waals surface area contributed by atoms with E-state index in [1.807, 2.05) is 58.0 Å². The molecule has 0 bridgehead atoms. The predicted molar refractivity (Wildman–Crippen MR) is 124 cm³/mol. The van der Waals surface area contributed by atoms with Gasteiger partial charge in [0.05, 0.1) is 18.0 Å². The maximum absolute atomic E-state index is 12.8. The van der Waals surface area contributed by atoms with Crippen molar-refractivity contribution in [2.75, 3.05) is 30.0 Å². The fourth-order valence-electron chi connectivity index (χ4n) is 3.20. The Morgan fingerprint density at radius 2 is 1.94 bits per heavy atom. The number of benzene rings is 1. The van der Waals surface area contributed by atoms with Crippen molar-refractivity contribution in [1.29, 1.82) is 0 Å². The standard InChI is InChI=1S/C21H28N8O2S/c1-5-10-27(12-18(30)23-17-9-7-6-8-14(17)2)19(31)13-32-21-25-24-20(28(21)22)29-16(4)11-15(3)26-29/h6-9,11H,5,10,12-13,22H2,1-4H3,(H,23,30). The number of hydrogen-bond acceptors (Lipinski definition) is 7. The van der Waals surface area contributed by atoms with Crippen molar-refractivity contribution >= 4 is 29.3 Å². The summed E-state index contributed by atoms with van der Waals surface area (Å²) in [5.74, 6) is 6.18. The largest absolute Gasteiger partial charge is 0.334 e. The van der Waals surface area contributed by atoms with Crippen LogP contribution in [0.3, 0.4) is 0 Å². The smallest absolute Gasteiger partial charge is 0.271 e. The summed E-state index contributed by atoms with van der Waals surface area (Å²) >= 11 is 1.17. The fraction of sp³-hybridized carbons (Fsp3) is 0.381. The van der Waals surface area contributed by atoms with Crippen LogP contribution in [0.1, 0.15) is 30.3 Å². The summed E-state index contributed by atoms with van der Waals surface area (Å²) < 4.78 is 2.92. The van der Waals surface area contributed by atoms with Crippen LogP contribution in [-0.2, 0) is 9.59 Å². The van der Waals surface area contributed by atoms with Gasteiger partial charge >= 0.3 is 0 Å². The van der Waals surface area contributed by atoms with E-state index in [4.69, 9.17) is 5.84 Å². The molecule has 11 heteroatoms. The Bertz CT molecular complexity index is 1110. The van der Waals surface area contributed by atoms with Crippen LogP contribution in [0.15, 0.2) is 35.5 Å². The quantitative estimate of drug-likeness (QED) is 0.373. The lowest BCUT2D eigenvalue weighted by molar-refractivity contribution is -0.132. The number of thioether (sulfide) groups is 1. The molecule has 1 aromatic carbocycles. The summed E-state index contributed by atoms with van der Waals surface area (Å²) in [6.45, 7) is 8.12. The number of hydrogen-bond donors (Lipinski definition) is 2. The molecule has 32 heavy (non-hydrogen) atoms. The van der Waals surface area contributed by atoms with E-state index in [1.165, 1.54) is 16.4 Å². The van der Waals surface area contributed by atoms with Gasteiger partial charge in [-0.2, -0.15) is 5.10 Å². The Labute approximate surface area is 191 Å². The molecule has 0 aliphatic rings. The summed E-state index contributed by atoms with van der Waals surface area (Å²) in [5.41, 5.74) is 3.42. The van der Waals surface area contributed by atoms with Crippen LogP contribution in [0.4, 0.5) is 5.69 Å². The van der Waals surface area contributed by atoms with E-state index >= 15 is 0 Å². The Morgan fingerprint density at radius 1 is 1.19 bits per heavy atom. The first-order valence-corrected chi connectivity index (χ1v) is 11.3. The van der Waals surface area contributed by atoms with Gasteiger partial charge in [-0.15, -0.1) is 10.2 Å². The van der Waals surface area contributed by atoms with Crippen LogP contribution < -0.4 is 11.2 Å². The van der Waals surface area contributed by atoms with E-state index in [0.717, 1.165) is 29.1 Å². The molecule has 0 radical (unpaired) electrons. The Balaban J connectivity index is 1.62. The minimum Gasteiger partial charge on any atom is -0.334 e. The molecule has 0 aliphatic heterocycles. The lowest BCUT2D eigenvalue weighted by atomic mass is 10.2. The van der Waals surface area contributed by atoms with Crippen molar-refractivity contribution < 1.29 is 9.59 Å². The molecule has 3 rings (SSSR count). The molecular formula is C21H28N8O2S. The second-order valence-corrected chi connectivity index (χ2v) is 8.40. The first-order chi connectivity index (χ1) is 15.3. The molecule has 0 unspecified atom stereocenters. The van der Waals surface area contributed by atoms with E-state index in [9.17, 15) is 9.59 Å². The first kappa shape index (κ1) is 23.3. The number of para-hydroxylation sites is 1. The Morgan fingerprint density at radius 3 is 2.59 bits per heavy atom. The average Bonchev–Trinajstić information content (AvgIpc) is 3.28. The van der Waals surface area contributed by atoms with Gasteiger partial charge in [0.2, 0.25) is 17.0 Å². The summed E-state index contributed by atoms with van der Waals surface area (Å²) in [5, 5.41) is 15.8. The molecule has 0 aliphatic carbocycles. The molecule has 2 heterocycles. The number of nitrogens with one attached hydrogen (secondary N) is 1. The van der Waals surface area contributed by atoms with E-state index in [2.05, 4.69) is 20.6 Å². The number of nitrogen functional groups attached to an aromatic ring is 1. The Kier molecular flexibility index (Phi) is 7.52. The summed E-state index contributed by atoms with van der Waals surface area (Å²) in [6, 6.07) is 9.44. The number of anilines is 1. The van der Waals surface area contributed by atoms with Gasteiger partial charge in [0.25, 0.3) is 5.95 Å². The number of carbonyl (C=O) groups excluding carboxylic acids is 2. The second kappa shape index (κ2) is 10.3. The van der Waals surface area contributed by atoms with Crippen LogP contribution in [0.5, 0.6) is 0 Å². The summed E-state index contributed by atoms with van der Waals surface area (Å²) in [4.78, 5) is 26.9. The SMILES string of the molecule is CCCN(CC(=O)Nc1ccccc1C)C(=O)CSc1nnc(-n2nc(C)cc2C)n1N. The van der Waals surface area contributed by atoms with E-state index in [-0.39, 0.29) is 24.1 Å². The molecule has 0 spiro atoms. The third kappa shape index (κ3) is 5.47. The molecule has 0 saturated heterocycles. The highest BCUT2D eigenvalue weighted by molar-refractivity contribution is 7.99. The van der Waals surface area contributed by atoms with E-state index < -0.39 is 0 Å². The zero-order valence-corrected chi connectivity index (χ0v) is 19.5. The number of rotatable bonds is 9. The number of aryl methyl sites for hydroxylation is 3. The molecule has 2 amide bonds. The zero-order chi connectivity index (χ0) is 23.3. The van der Waals surface area contributed by atoms with Gasteiger partial charge in [0.1, 0.15) is 0 Å². The number of aromatic nitrogens is 5. The average molecular weight is 457 g/mol. The molecule has 10 nitrogen and oxygen atoms in total. The monoisotopic (exact) mass is 456 g/mol. The van der Waals surface area contributed by atoms with Gasteiger partial charge in [0, 0.05) is 17.9 Å². The van der Waals surface area contributed by atoms with Crippen molar-refractivity contribution in [3.63, 3.8) is 0 Å². The van der Waals surface area contributed by atoms with Gasteiger partial charge in [-0.1, -0.05) is 36.9 Å². The third-order valence-electron chi connectivity index (χ3n) is 4.77. The molecule has 0 atom stereocenters. The minimum atomic E-state index is -0.236. The van der Waals surface area contributed by atoms with E-state index in [1.54, 1.807) is 9.58 Å². The lowest BCUT2D eigenvalue weighted by Crippen LogP contribution is -2.39. The van der Waals surface area contributed by atoms with E-state index in [0.29, 0.717) is 17.6 Å². The third-order valence-corrected chi connectivity index (χ3v) is 5.70. The topological polar surface area (TPSA) is 124 Å². The minimum absolute atomic E-state index is 0.0199. The molecular weight excluding hydrogens is 428 g/mol. The molecule has 2 aromatic heterocycles. The van der Waals surface area contributed by atoms with Crippen molar-refractivity contribution in [1.82, 2.24) is 29.6 Å². The van der Waals surface area contributed by atoms with Crippen LogP contribution in [0.25, 0.3) is 5.95 Å². The highest BCUT2D eigenvalue weighted by atomic mass is 32.2. The second-order valence-electron chi connectivity index (χ2n) is 7.46. The van der Waals surface area contributed by atoms with Crippen LogP contribution in [-0.4, -0.2) is 60.2 Å². The number of nitrogens with two attached hydrogens (primary N) is 1. The molecule has 3 N–H and O–H groups in total. The fourth-order valence-corrected chi connectivity index (χ4v) is 3.95. The molecule has 170 valence electrons. The van der Waals surface area contributed by atoms with Crippen LogP contribution in [0, 0.1) is 20.8 Å². The summed E-state index contributed by atoms with van der Waals surface area (Å²) in [6.07, 6.45) is 0.739. The maximum Gasteiger partial charge on any atom is 0.271 e. The molecule has 0 fully saturated rings. The highest BCUT2D eigenvalue weighted by Crippen LogP contribution is 2.18. The number of nitrogens with zero attached hydrogens (tertiary/aromatic N) is 6. The van der Waals surface area contributed by atoms with Crippen LogP contribution in [0.2, 0.25) is 0 Å². The predicted octanol–water partition coefficient (Wildman–Crippen LogP) is 2.07. The Hall–Kier alpha value is -3.34. The van der Waals surface area contributed by atoms with Gasteiger partial charge in [0.15, 0.2) is 0 Å². The van der Waals surface area contributed by atoms with Gasteiger partial charge in [-0.05, 0) is 44.9 Å². The maximum atomic E-state index is 12.8. The van der Waals surface area contributed by atoms with Crippen molar-refractivity contribution in [3.05, 3.63) is 47.3 Å². The molecule has 3 aromatic rings. The van der Waals surface area contributed by atoms with Crippen molar-refractivity contribution in [2.24, 2.45) is 0 Å². The van der Waals surface area contributed by atoms with Gasteiger partial charge < -0.3 is 16.1 Å². The molecule has 0 saturated carbocycles. The number of carbonyl (C=O) groups is 2. The highest BCUT2D eigenvalue weighted by Gasteiger charge is 2.20. The van der Waals surface area contributed by atoms with Gasteiger partial charge in [-0.25, -0.2) is 9.36 Å². The summed E-state index contributed by atoms with van der Waals surface area (Å²) in [7, 11) is 0. The normalized spacial score (nSPS) is 10.9. The van der Waals surface area contributed by atoms with Crippen molar-refractivity contribution in [3.8, 4) is 5.95 Å². The van der Waals surface area contributed by atoms with Crippen molar-refractivity contribution in [2.45, 2.75) is 39.3 Å². The lowest BCUT2D eigenvalue weighted by Gasteiger charge is -2.21.